The van der Waals surface area contributed by atoms with Crippen molar-refractivity contribution < 1.29 is 18.7 Å². The number of rotatable bonds is 8. The van der Waals surface area contributed by atoms with E-state index < -0.39 is 0 Å². The van der Waals surface area contributed by atoms with Gasteiger partial charge >= 0.3 is 0 Å². The van der Waals surface area contributed by atoms with Crippen molar-refractivity contribution in [1.82, 2.24) is 9.91 Å². The summed E-state index contributed by atoms with van der Waals surface area (Å²) in [7, 11) is 4.98. The fourth-order valence-corrected chi connectivity index (χ4v) is 4.65. The highest BCUT2D eigenvalue weighted by molar-refractivity contribution is 7.12. The number of likely N-dealkylation sites (N-methyl/N-ethyl adjacent to an activating group) is 1. The molecular weight excluding hydrogens is 441 g/mol. The van der Waals surface area contributed by atoms with Crippen molar-refractivity contribution in [3.05, 3.63) is 81.8 Å². The monoisotopic (exact) mass is 467 g/mol. The lowest BCUT2D eigenvalue weighted by molar-refractivity contribution is -0.134. The van der Waals surface area contributed by atoms with Gasteiger partial charge in [-0.3, -0.25) is 9.69 Å². The Morgan fingerprint density at radius 3 is 2.64 bits per heavy atom. The van der Waals surface area contributed by atoms with Gasteiger partial charge in [-0.1, -0.05) is 30.3 Å². The van der Waals surface area contributed by atoms with Gasteiger partial charge in [-0.25, -0.2) is 9.40 Å². The Balaban J connectivity index is 1.58. The first kappa shape index (κ1) is 22.9. The predicted octanol–water partition coefficient (Wildman–Crippen LogP) is 4.71. The van der Waals surface area contributed by atoms with Crippen LogP contribution in [0, 0.1) is 5.82 Å². The Morgan fingerprint density at radius 2 is 1.94 bits per heavy atom. The van der Waals surface area contributed by atoms with Crippen molar-refractivity contribution in [1.29, 1.82) is 0 Å². The average molecular weight is 468 g/mol. The van der Waals surface area contributed by atoms with Gasteiger partial charge in [0.25, 0.3) is 5.91 Å². The number of nitrogens with zero attached hydrogens (tertiary/aromatic N) is 3. The van der Waals surface area contributed by atoms with Gasteiger partial charge in [-0.05, 0) is 42.3 Å². The topological polar surface area (TPSA) is 54.4 Å². The van der Waals surface area contributed by atoms with E-state index in [1.54, 1.807) is 60.7 Å². The van der Waals surface area contributed by atoms with Gasteiger partial charge < -0.3 is 9.47 Å². The van der Waals surface area contributed by atoms with E-state index in [4.69, 9.17) is 14.6 Å². The lowest BCUT2D eigenvalue weighted by atomic mass is 10.0. The molecule has 4 rings (SSSR count). The van der Waals surface area contributed by atoms with Crippen LogP contribution in [0.25, 0.3) is 0 Å². The van der Waals surface area contributed by atoms with Gasteiger partial charge in [-0.2, -0.15) is 5.10 Å². The minimum Gasteiger partial charge on any atom is -0.493 e. The molecule has 0 aliphatic carbocycles. The SMILES string of the molecule is COc1ccc(C2CC(c3cccs3)=NN2C(=O)CN(C)Cc2ccccc2F)cc1OC. The average Bonchev–Trinajstić information content (AvgIpc) is 3.50. The maximum atomic E-state index is 14.0. The molecule has 1 amide bonds. The maximum absolute atomic E-state index is 14.0. The molecule has 0 fully saturated rings. The van der Waals surface area contributed by atoms with Crippen LogP contribution in [-0.4, -0.2) is 49.3 Å². The zero-order chi connectivity index (χ0) is 23.4. The molecule has 1 aromatic heterocycles. The van der Waals surface area contributed by atoms with Gasteiger partial charge in [0.05, 0.1) is 37.4 Å². The van der Waals surface area contributed by atoms with Crippen LogP contribution in [0.3, 0.4) is 0 Å². The Kier molecular flexibility index (Phi) is 7.05. The highest BCUT2D eigenvalue weighted by atomic mass is 32.1. The molecule has 1 atom stereocenters. The van der Waals surface area contributed by atoms with Crippen LogP contribution in [0.4, 0.5) is 4.39 Å². The van der Waals surface area contributed by atoms with Gasteiger partial charge in [0, 0.05) is 18.5 Å². The summed E-state index contributed by atoms with van der Waals surface area (Å²) in [6.45, 7) is 0.439. The molecule has 172 valence electrons. The molecule has 8 heteroatoms. The van der Waals surface area contributed by atoms with Crippen molar-refractivity contribution >= 4 is 23.0 Å². The van der Waals surface area contributed by atoms with Crippen molar-refractivity contribution in [2.24, 2.45) is 5.10 Å². The van der Waals surface area contributed by atoms with E-state index in [-0.39, 0.29) is 24.3 Å². The summed E-state index contributed by atoms with van der Waals surface area (Å²) >= 11 is 1.60. The summed E-state index contributed by atoms with van der Waals surface area (Å²) in [6.07, 6.45) is 0.596. The number of halogens is 1. The number of carbonyl (C=O) groups is 1. The van der Waals surface area contributed by atoms with E-state index >= 15 is 0 Å². The third-order valence-corrected chi connectivity index (χ3v) is 6.49. The summed E-state index contributed by atoms with van der Waals surface area (Å²) < 4.78 is 24.9. The van der Waals surface area contributed by atoms with E-state index in [9.17, 15) is 9.18 Å². The molecule has 1 aliphatic rings. The smallest absolute Gasteiger partial charge is 0.257 e. The van der Waals surface area contributed by atoms with Crippen molar-refractivity contribution in [2.75, 3.05) is 27.8 Å². The lowest BCUT2D eigenvalue weighted by Crippen LogP contribution is -2.36. The van der Waals surface area contributed by atoms with Crippen LogP contribution in [0.15, 0.2) is 65.1 Å². The molecular formula is C25H26FN3O3S. The number of hydrogen-bond donors (Lipinski definition) is 0. The summed E-state index contributed by atoms with van der Waals surface area (Å²) in [5, 5.41) is 8.25. The molecule has 0 saturated carbocycles. The summed E-state index contributed by atoms with van der Waals surface area (Å²) in [6, 6.07) is 16.0. The number of amides is 1. The number of hydrogen-bond acceptors (Lipinski definition) is 6. The second-order valence-electron chi connectivity index (χ2n) is 7.86. The Bertz CT molecular complexity index is 1150. The first-order chi connectivity index (χ1) is 16.0. The van der Waals surface area contributed by atoms with E-state index in [1.807, 2.05) is 35.7 Å². The second kappa shape index (κ2) is 10.1. The van der Waals surface area contributed by atoms with Gasteiger partial charge in [0.1, 0.15) is 5.82 Å². The number of hydrazone groups is 1. The number of methoxy groups -OCH3 is 2. The first-order valence-corrected chi connectivity index (χ1v) is 11.5. The van der Waals surface area contributed by atoms with Crippen LogP contribution < -0.4 is 9.47 Å². The summed E-state index contributed by atoms with van der Waals surface area (Å²) in [5.74, 6) is 0.796. The number of ether oxygens (including phenoxy) is 2. The standard InChI is InChI=1S/C25H26FN3O3S/c1-28(15-18-7-4-5-8-19(18)26)16-25(30)29-21(14-20(27-29)24-9-6-12-33-24)17-10-11-22(31-2)23(13-17)32-3/h4-13,21H,14-16H2,1-3H3. The Morgan fingerprint density at radius 1 is 1.15 bits per heavy atom. The Labute approximate surface area is 196 Å². The molecule has 33 heavy (non-hydrogen) atoms. The summed E-state index contributed by atoms with van der Waals surface area (Å²) in [5.41, 5.74) is 2.33. The van der Waals surface area contributed by atoms with Crippen molar-refractivity contribution in [2.45, 2.75) is 19.0 Å². The largest absolute Gasteiger partial charge is 0.493 e. The molecule has 1 unspecified atom stereocenters. The summed E-state index contributed by atoms with van der Waals surface area (Å²) in [4.78, 5) is 16.2. The maximum Gasteiger partial charge on any atom is 0.257 e. The third kappa shape index (κ3) is 5.07. The fourth-order valence-electron chi connectivity index (χ4n) is 3.93. The highest BCUT2D eigenvalue weighted by Crippen LogP contribution is 2.38. The highest BCUT2D eigenvalue weighted by Gasteiger charge is 2.34. The van der Waals surface area contributed by atoms with Crippen LogP contribution in [0.2, 0.25) is 0 Å². The molecule has 3 aromatic rings. The molecule has 6 nitrogen and oxygen atoms in total. The third-order valence-electron chi connectivity index (χ3n) is 5.57. The molecule has 0 bridgehead atoms. The minimum atomic E-state index is -0.279. The van der Waals surface area contributed by atoms with Gasteiger partial charge in [-0.15, -0.1) is 11.3 Å². The first-order valence-electron chi connectivity index (χ1n) is 10.6. The zero-order valence-corrected chi connectivity index (χ0v) is 19.6. The molecule has 0 saturated heterocycles. The zero-order valence-electron chi connectivity index (χ0n) is 18.8. The molecule has 0 radical (unpaired) electrons. The number of thiophene rings is 1. The minimum absolute atomic E-state index is 0.110. The normalized spacial score (nSPS) is 15.6. The van der Waals surface area contributed by atoms with Crippen LogP contribution in [0.5, 0.6) is 11.5 Å². The fraction of sp³-hybridized carbons (Fsp3) is 0.280. The number of benzene rings is 2. The number of carbonyl (C=O) groups excluding carboxylic acids is 1. The van der Waals surface area contributed by atoms with Crippen LogP contribution in [0.1, 0.15) is 28.5 Å². The lowest BCUT2D eigenvalue weighted by Gasteiger charge is -2.25. The van der Waals surface area contributed by atoms with Gasteiger partial charge in [0.2, 0.25) is 0 Å². The van der Waals surface area contributed by atoms with E-state index in [1.165, 1.54) is 6.07 Å². The van der Waals surface area contributed by atoms with E-state index in [0.717, 1.165) is 16.2 Å². The molecule has 1 aliphatic heterocycles. The molecule has 2 aromatic carbocycles. The quantitative estimate of drug-likeness (QED) is 0.481. The van der Waals surface area contributed by atoms with Gasteiger partial charge in [0.15, 0.2) is 11.5 Å². The second-order valence-corrected chi connectivity index (χ2v) is 8.81. The van der Waals surface area contributed by atoms with E-state index in [0.29, 0.717) is 30.0 Å². The molecule has 0 N–H and O–H groups in total. The van der Waals surface area contributed by atoms with E-state index in [2.05, 4.69) is 0 Å². The van der Waals surface area contributed by atoms with Crippen molar-refractivity contribution in [3.63, 3.8) is 0 Å². The molecule has 2 heterocycles. The van der Waals surface area contributed by atoms with Crippen LogP contribution in [-0.2, 0) is 11.3 Å². The Hall–Kier alpha value is -3.23. The van der Waals surface area contributed by atoms with Crippen LogP contribution >= 0.6 is 11.3 Å². The predicted molar refractivity (Wildman–Crippen MR) is 127 cm³/mol. The molecule has 0 spiro atoms. The van der Waals surface area contributed by atoms with Crippen molar-refractivity contribution in [3.8, 4) is 11.5 Å².